The van der Waals surface area contributed by atoms with Crippen molar-refractivity contribution >= 4 is 17.9 Å². The molecule has 0 saturated heterocycles. The maximum absolute atomic E-state index is 12.1. The summed E-state index contributed by atoms with van der Waals surface area (Å²) in [6.07, 6.45) is 1.46. The first kappa shape index (κ1) is 15.5. The number of benzene rings is 1. The molecule has 0 fully saturated rings. The number of hydrogen-bond acceptors (Lipinski definition) is 7. The van der Waals surface area contributed by atoms with E-state index in [1.165, 1.54) is 29.8 Å². The van der Waals surface area contributed by atoms with Crippen molar-refractivity contribution in [1.29, 1.82) is 0 Å². The monoisotopic (exact) mass is 305 g/mol. The number of nitrogens with one attached hydrogen (secondary N) is 1. The normalized spacial score (nSPS) is 10.1. The van der Waals surface area contributed by atoms with Crippen LogP contribution in [0, 0.1) is 0 Å². The molecular weight excluding hydrogens is 290 g/mol. The minimum atomic E-state index is -0.628. The van der Waals surface area contributed by atoms with Gasteiger partial charge in [-0.1, -0.05) is 12.1 Å². The van der Waals surface area contributed by atoms with Crippen LogP contribution in [0.1, 0.15) is 23.0 Å². The Balaban J connectivity index is 2.09. The second-order valence-electron chi connectivity index (χ2n) is 4.41. The molecule has 22 heavy (non-hydrogen) atoms. The second-order valence-corrected chi connectivity index (χ2v) is 4.41. The topological polar surface area (TPSA) is 103 Å². The predicted octanol–water partition coefficient (Wildman–Crippen LogP) is 1.50. The fraction of sp³-hybridized carbons (Fsp3) is 0.214. The number of carbonyl (C=O) groups excluding carboxylic acids is 2. The molecule has 0 amide bonds. The highest BCUT2D eigenvalue weighted by molar-refractivity contribution is 5.93. The van der Waals surface area contributed by atoms with Crippen molar-refractivity contribution in [2.45, 2.75) is 13.5 Å². The molecule has 8 nitrogen and oxygen atoms in total. The van der Waals surface area contributed by atoms with E-state index in [-0.39, 0.29) is 23.9 Å². The van der Waals surface area contributed by atoms with Crippen molar-refractivity contribution in [1.82, 2.24) is 9.55 Å². The van der Waals surface area contributed by atoms with E-state index in [0.29, 0.717) is 5.69 Å². The molecule has 0 saturated carbocycles. The number of imidazole rings is 1. The molecule has 116 valence electrons. The number of aromatic nitrogens is 2. The number of rotatable bonds is 5. The van der Waals surface area contributed by atoms with Crippen molar-refractivity contribution in [2.24, 2.45) is 7.05 Å². The van der Waals surface area contributed by atoms with Crippen LogP contribution in [0.15, 0.2) is 30.5 Å². The quantitative estimate of drug-likeness (QED) is 0.490. The van der Waals surface area contributed by atoms with E-state index >= 15 is 0 Å². The number of carbonyl (C=O) groups is 2. The first-order valence-corrected chi connectivity index (χ1v) is 6.38. The number of para-hydroxylation sites is 1. The smallest absolute Gasteiger partial charge is 0.342 e. The summed E-state index contributed by atoms with van der Waals surface area (Å²) in [5.74, 6) is -0.781. The summed E-state index contributed by atoms with van der Waals surface area (Å²) in [6.45, 7) is 1.21. The molecule has 1 heterocycles. The molecule has 1 aromatic carbocycles. The Morgan fingerprint density at radius 2 is 2.09 bits per heavy atom. The zero-order valence-corrected chi connectivity index (χ0v) is 12.1. The highest BCUT2D eigenvalue weighted by atomic mass is 16.5. The van der Waals surface area contributed by atoms with Gasteiger partial charge in [0, 0.05) is 14.0 Å². The van der Waals surface area contributed by atoms with Crippen LogP contribution in [-0.2, 0) is 23.2 Å². The third-order valence-corrected chi connectivity index (χ3v) is 2.90. The lowest BCUT2D eigenvalue weighted by molar-refractivity contribution is -0.131. The molecule has 0 aliphatic carbocycles. The summed E-state index contributed by atoms with van der Waals surface area (Å²) in [5, 5.41) is 8.82. The molecular formula is C14H15N3O5. The van der Waals surface area contributed by atoms with Gasteiger partial charge in [0.2, 0.25) is 5.95 Å². The van der Waals surface area contributed by atoms with Gasteiger partial charge < -0.3 is 14.0 Å². The van der Waals surface area contributed by atoms with E-state index in [0.717, 1.165) is 0 Å². The first-order valence-electron chi connectivity index (χ1n) is 6.38. The SMILES string of the molecule is CC(=O)Oc1ccccc1C(=O)OCc1cnc(NO)n1C. The van der Waals surface area contributed by atoms with Gasteiger partial charge in [0.25, 0.3) is 0 Å². The predicted molar refractivity (Wildman–Crippen MR) is 75.5 cm³/mol. The Kier molecular flexibility index (Phi) is 4.74. The van der Waals surface area contributed by atoms with Gasteiger partial charge in [0.15, 0.2) is 0 Å². The first-order chi connectivity index (χ1) is 10.5. The van der Waals surface area contributed by atoms with Crippen molar-refractivity contribution < 1.29 is 24.3 Å². The highest BCUT2D eigenvalue weighted by Crippen LogP contribution is 2.20. The zero-order valence-electron chi connectivity index (χ0n) is 12.1. The van der Waals surface area contributed by atoms with E-state index < -0.39 is 11.9 Å². The van der Waals surface area contributed by atoms with Crippen LogP contribution in [0.25, 0.3) is 0 Å². The average molecular weight is 305 g/mol. The van der Waals surface area contributed by atoms with Gasteiger partial charge in [0.05, 0.1) is 11.9 Å². The molecule has 0 aliphatic rings. The standard InChI is InChI=1S/C14H15N3O5/c1-9(18)22-12-6-4-3-5-11(12)13(19)21-8-10-7-15-14(16-20)17(10)2/h3-7,20H,8H2,1-2H3,(H,15,16). The molecule has 0 atom stereocenters. The van der Waals surface area contributed by atoms with Gasteiger partial charge in [-0.05, 0) is 12.1 Å². The summed E-state index contributed by atoms with van der Waals surface area (Å²) in [4.78, 5) is 27.0. The molecule has 2 rings (SSSR count). The van der Waals surface area contributed by atoms with Gasteiger partial charge in [-0.2, -0.15) is 0 Å². The molecule has 0 radical (unpaired) electrons. The Morgan fingerprint density at radius 1 is 1.36 bits per heavy atom. The summed E-state index contributed by atoms with van der Waals surface area (Å²) >= 11 is 0. The Hall–Kier alpha value is -2.87. The highest BCUT2D eigenvalue weighted by Gasteiger charge is 2.16. The zero-order chi connectivity index (χ0) is 16.1. The van der Waals surface area contributed by atoms with E-state index in [4.69, 9.17) is 14.7 Å². The number of anilines is 1. The van der Waals surface area contributed by atoms with Gasteiger partial charge in [0.1, 0.15) is 17.9 Å². The summed E-state index contributed by atoms with van der Waals surface area (Å²) in [6, 6.07) is 6.30. The number of ether oxygens (including phenoxy) is 2. The van der Waals surface area contributed by atoms with Crippen LogP contribution in [0.2, 0.25) is 0 Å². The number of nitrogens with zero attached hydrogens (tertiary/aromatic N) is 2. The van der Waals surface area contributed by atoms with Crippen LogP contribution < -0.4 is 10.2 Å². The average Bonchev–Trinajstić information content (AvgIpc) is 2.85. The molecule has 8 heteroatoms. The van der Waals surface area contributed by atoms with Crippen LogP contribution in [0.5, 0.6) is 5.75 Å². The van der Waals surface area contributed by atoms with Gasteiger partial charge >= 0.3 is 11.9 Å². The molecule has 0 bridgehead atoms. The van der Waals surface area contributed by atoms with Crippen molar-refractivity contribution in [3.05, 3.63) is 41.7 Å². The lowest BCUT2D eigenvalue weighted by atomic mass is 10.2. The maximum Gasteiger partial charge on any atom is 0.342 e. The molecule has 2 N–H and O–H groups in total. The summed E-state index contributed by atoms with van der Waals surface area (Å²) in [7, 11) is 1.65. The Bertz CT molecular complexity index is 696. The molecule has 0 aliphatic heterocycles. The van der Waals surface area contributed by atoms with E-state index in [1.54, 1.807) is 19.2 Å². The molecule has 2 aromatic rings. The summed E-state index contributed by atoms with van der Waals surface area (Å²) < 4.78 is 11.7. The number of esters is 2. The van der Waals surface area contributed by atoms with Crippen molar-refractivity contribution in [3.8, 4) is 5.75 Å². The fourth-order valence-electron chi connectivity index (χ4n) is 1.78. The van der Waals surface area contributed by atoms with Crippen LogP contribution >= 0.6 is 0 Å². The minimum Gasteiger partial charge on any atom is -0.455 e. The van der Waals surface area contributed by atoms with E-state index in [1.807, 2.05) is 5.48 Å². The lowest BCUT2D eigenvalue weighted by Gasteiger charge is -2.09. The summed E-state index contributed by atoms with van der Waals surface area (Å²) in [5.41, 5.74) is 2.65. The van der Waals surface area contributed by atoms with E-state index in [9.17, 15) is 9.59 Å². The van der Waals surface area contributed by atoms with Gasteiger partial charge in [-0.15, -0.1) is 0 Å². The second kappa shape index (κ2) is 6.72. The largest absolute Gasteiger partial charge is 0.455 e. The van der Waals surface area contributed by atoms with Crippen LogP contribution in [-0.4, -0.2) is 26.7 Å². The van der Waals surface area contributed by atoms with Crippen LogP contribution in [0.4, 0.5) is 5.95 Å². The third kappa shape index (κ3) is 3.41. The van der Waals surface area contributed by atoms with Gasteiger partial charge in [-0.3, -0.25) is 10.0 Å². The molecule has 1 aromatic heterocycles. The fourth-order valence-corrected chi connectivity index (χ4v) is 1.78. The molecule has 0 unspecified atom stereocenters. The van der Waals surface area contributed by atoms with E-state index in [2.05, 4.69) is 4.98 Å². The maximum atomic E-state index is 12.1. The van der Waals surface area contributed by atoms with Gasteiger partial charge in [-0.25, -0.2) is 15.3 Å². The Labute approximate surface area is 126 Å². The van der Waals surface area contributed by atoms with Crippen molar-refractivity contribution in [2.75, 3.05) is 5.48 Å². The minimum absolute atomic E-state index is 0.0432. The van der Waals surface area contributed by atoms with Crippen LogP contribution in [0.3, 0.4) is 0 Å². The lowest BCUT2D eigenvalue weighted by Crippen LogP contribution is -2.11. The Morgan fingerprint density at radius 3 is 2.73 bits per heavy atom. The number of hydrogen-bond donors (Lipinski definition) is 2. The molecule has 0 spiro atoms. The third-order valence-electron chi connectivity index (χ3n) is 2.90. The van der Waals surface area contributed by atoms with Crippen molar-refractivity contribution in [3.63, 3.8) is 0 Å².